The fraction of sp³-hybridized carbons (Fsp3) is 0.207. The van der Waals surface area contributed by atoms with Crippen LogP contribution in [0.25, 0.3) is 10.9 Å². The van der Waals surface area contributed by atoms with Crippen LogP contribution in [0.1, 0.15) is 34.7 Å². The number of carbonyl (C=O) groups is 1. The van der Waals surface area contributed by atoms with Crippen molar-refractivity contribution in [2.45, 2.75) is 37.2 Å². The fourth-order valence-corrected chi connectivity index (χ4v) is 7.07. The molecule has 0 unspecified atom stereocenters. The van der Waals surface area contributed by atoms with Gasteiger partial charge in [0.05, 0.1) is 15.8 Å². The van der Waals surface area contributed by atoms with E-state index in [1.807, 2.05) is 73.7 Å². The van der Waals surface area contributed by atoms with Gasteiger partial charge < -0.3 is 4.74 Å². The Morgan fingerprint density at radius 1 is 1.00 bits per heavy atom. The molecule has 0 fully saturated rings. The smallest absolute Gasteiger partial charge is 0.316 e. The summed E-state index contributed by atoms with van der Waals surface area (Å²) in [6, 6.07) is 24.1. The molecular formula is C29H25NO4S. The number of aryl methyl sites for hydroxylation is 1. The van der Waals surface area contributed by atoms with E-state index in [4.69, 9.17) is 4.74 Å². The van der Waals surface area contributed by atoms with Gasteiger partial charge >= 0.3 is 5.97 Å². The number of hydrogen-bond donors (Lipinski definition) is 0. The Hall–Kier alpha value is -3.64. The van der Waals surface area contributed by atoms with E-state index < -0.39 is 15.4 Å². The van der Waals surface area contributed by atoms with Crippen LogP contribution in [0.5, 0.6) is 0 Å². The van der Waals surface area contributed by atoms with Crippen molar-refractivity contribution in [2.24, 2.45) is 5.41 Å². The summed E-state index contributed by atoms with van der Waals surface area (Å²) in [7, 11) is -3.87. The summed E-state index contributed by atoms with van der Waals surface area (Å²) in [4.78, 5) is 13.6. The van der Waals surface area contributed by atoms with Gasteiger partial charge in [0.1, 0.15) is 6.61 Å². The van der Waals surface area contributed by atoms with E-state index in [1.54, 1.807) is 24.3 Å². The third-order valence-corrected chi connectivity index (χ3v) is 9.00. The van der Waals surface area contributed by atoms with Gasteiger partial charge in [-0.3, -0.25) is 4.79 Å². The Labute approximate surface area is 204 Å². The Balaban J connectivity index is 1.45. The number of para-hydroxylation sites is 1. The molecule has 0 amide bonds. The second kappa shape index (κ2) is 7.95. The van der Waals surface area contributed by atoms with E-state index in [0.717, 1.165) is 22.1 Å². The van der Waals surface area contributed by atoms with Crippen molar-refractivity contribution >= 4 is 26.9 Å². The number of allylic oxidation sites excluding steroid dienone is 1. The topological polar surface area (TPSA) is 65.4 Å². The number of esters is 1. The van der Waals surface area contributed by atoms with Gasteiger partial charge in [-0.05, 0) is 42.7 Å². The van der Waals surface area contributed by atoms with Crippen molar-refractivity contribution in [1.82, 2.24) is 3.97 Å². The van der Waals surface area contributed by atoms with E-state index in [2.05, 4.69) is 0 Å². The summed E-state index contributed by atoms with van der Waals surface area (Å²) in [6.45, 7) is 2.12. The molecule has 0 saturated heterocycles. The van der Waals surface area contributed by atoms with Gasteiger partial charge in [-0.2, -0.15) is 0 Å². The number of carbonyl (C=O) groups excluding carboxylic acids is 1. The summed E-state index contributed by atoms with van der Waals surface area (Å²) in [5, 5.41) is 0.918. The van der Waals surface area contributed by atoms with Crippen LogP contribution in [0.15, 0.2) is 95.9 Å². The van der Waals surface area contributed by atoms with Crippen molar-refractivity contribution in [3.05, 3.63) is 113 Å². The lowest BCUT2D eigenvalue weighted by Gasteiger charge is -2.32. The maximum atomic E-state index is 13.9. The zero-order valence-electron chi connectivity index (χ0n) is 19.3. The molecule has 0 saturated carbocycles. The molecule has 0 spiro atoms. The van der Waals surface area contributed by atoms with Crippen LogP contribution in [0.2, 0.25) is 0 Å². The number of benzene rings is 3. The lowest BCUT2D eigenvalue weighted by atomic mass is 9.74. The standard InChI is InChI=1S/C29H25NO4S/c1-20-11-13-23(14-12-20)35(32,33)30-25-10-6-5-9-24(25)27-22-15-16-29(17-22,18-26(27)30)28(31)34-19-21-7-3-2-4-8-21/h2-16,22H,17-19H2,1H3/t22-,29-/m1/s1. The number of rotatable bonds is 5. The van der Waals surface area contributed by atoms with Crippen molar-refractivity contribution in [1.29, 1.82) is 0 Å². The molecule has 6 rings (SSSR count). The molecule has 0 radical (unpaired) electrons. The maximum absolute atomic E-state index is 13.9. The third-order valence-electron chi connectivity index (χ3n) is 7.23. The van der Waals surface area contributed by atoms with Gasteiger partial charge in [0.25, 0.3) is 10.0 Å². The van der Waals surface area contributed by atoms with Gasteiger partial charge in [-0.25, -0.2) is 12.4 Å². The van der Waals surface area contributed by atoms with Gasteiger partial charge in [0.15, 0.2) is 0 Å². The van der Waals surface area contributed by atoms with E-state index >= 15 is 0 Å². The van der Waals surface area contributed by atoms with Crippen molar-refractivity contribution in [3.63, 3.8) is 0 Å². The SMILES string of the molecule is Cc1ccc(S(=O)(=O)n2c3c(c4ccccc42)[C@@H]2C=C[C@](C(=O)OCc4ccccc4)(C3)C2)cc1. The summed E-state index contributed by atoms with van der Waals surface area (Å²) in [5.41, 5.74) is 3.35. The molecule has 2 aliphatic carbocycles. The number of hydrogen-bond acceptors (Lipinski definition) is 4. The molecule has 2 aliphatic rings. The predicted molar refractivity (Wildman–Crippen MR) is 135 cm³/mol. The largest absolute Gasteiger partial charge is 0.460 e. The summed E-state index contributed by atoms with van der Waals surface area (Å²) >= 11 is 0. The minimum atomic E-state index is -3.87. The normalized spacial score (nSPS) is 20.7. The number of nitrogens with zero attached hydrogens (tertiary/aromatic N) is 1. The second-order valence-corrected chi connectivity index (χ2v) is 11.3. The van der Waals surface area contributed by atoms with E-state index in [-0.39, 0.29) is 29.8 Å². The van der Waals surface area contributed by atoms with E-state index in [0.29, 0.717) is 17.6 Å². The predicted octanol–water partition coefficient (Wildman–Crippen LogP) is 5.52. The molecule has 0 N–H and O–H groups in total. The minimum Gasteiger partial charge on any atom is -0.460 e. The Kier molecular flexibility index (Phi) is 4.97. The first-order valence-electron chi connectivity index (χ1n) is 11.7. The lowest BCUT2D eigenvalue weighted by molar-refractivity contribution is -0.154. The van der Waals surface area contributed by atoms with Crippen molar-refractivity contribution < 1.29 is 17.9 Å². The van der Waals surface area contributed by atoms with Crippen LogP contribution in [0, 0.1) is 12.3 Å². The number of aromatic nitrogens is 1. The molecule has 2 bridgehead atoms. The highest BCUT2D eigenvalue weighted by molar-refractivity contribution is 7.90. The fourth-order valence-electron chi connectivity index (χ4n) is 5.51. The van der Waals surface area contributed by atoms with Gasteiger partial charge in [0, 0.05) is 23.4 Å². The number of ether oxygens (including phenoxy) is 1. The lowest BCUT2D eigenvalue weighted by Crippen LogP contribution is -2.36. The van der Waals surface area contributed by atoms with Gasteiger partial charge in [0.2, 0.25) is 0 Å². The highest BCUT2D eigenvalue weighted by atomic mass is 32.2. The monoisotopic (exact) mass is 483 g/mol. The molecule has 5 nitrogen and oxygen atoms in total. The molecule has 1 aromatic heterocycles. The first-order valence-corrected chi connectivity index (χ1v) is 13.2. The molecule has 1 heterocycles. The Bertz CT molecular complexity index is 1580. The average molecular weight is 484 g/mol. The second-order valence-electron chi connectivity index (χ2n) is 9.52. The quantitative estimate of drug-likeness (QED) is 0.277. The Morgan fingerprint density at radius 3 is 2.49 bits per heavy atom. The van der Waals surface area contributed by atoms with Crippen LogP contribution in [-0.4, -0.2) is 18.4 Å². The molecule has 4 aromatic rings. The molecule has 0 aliphatic heterocycles. The number of fused-ring (bicyclic) bond motifs is 6. The van der Waals surface area contributed by atoms with Crippen molar-refractivity contribution in [2.75, 3.05) is 0 Å². The van der Waals surface area contributed by atoms with Gasteiger partial charge in [-0.1, -0.05) is 78.4 Å². The molecule has 35 heavy (non-hydrogen) atoms. The average Bonchev–Trinajstić information content (AvgIpc) is 3.40. The van der Waals surface area contributed by atoms with Gasteiger partial charge in [-0.15, -0.1) is 0 Å². The molecule has 3 aromatic carbocycles. The minimum absolute atomic E-state index is 0.0395. The van der Waals surface area contributed by atoms with Crippen LogP contribution in [0.4, 0.5) is 0 Å². The van der Waals surface area contributed by atoms with Crippen LogP contribution in [-0.2, 0) is 32.6 Å². The first-order chi connectivity index (χ1) is 16.9. The summed E-state index contributed by atoms with van der Waals surface area (Å²) in [5.74, 6) is -0.349. The maximum Gasteiger partial charge on any atom is 0.316 e. The first kappa shape index (κ1) is 21.9. The zero-order valence-corrected chi connectivity index (χ0v) is 20.2. The summed E-state index contributed by atoms with van der Waals surface area (Å²) < 4.78 is 35.1. The third kappa shape index (κ3) is 3.43. The van der Waals surface area contributed by atoms with Crippen molar-refractivity contribution in [3.8, 4) is 0 Å². The van der Waals surface area contributed by atoms with Crippen LogP contribution >= 0.6 is 0 Å². The molecule has 2 atom stereocenters. The Morgan fingerprint density at radius 2 is 1.71 bits per heavy atom. The van der Waals surface area contributed by atoms with E-state index in [1.165, 1.54) is 3.97 Å². The highest BCUT2D eigenvalue weighted by Gasteiger charge is 2.50. The van der Waals surface area contributed by atoms with Crippen LogP contribution < -0.4 is 0 Å². The van der Waals surface area contributed by atoms with E-state index in [9.17, 15) is 13.2 Å². The highest BCUT2D eigenvalue weighted by Crippen LogP contribution is 2.53. The molecule has 176 valence electrons. The summed E-state index contributed by atoms with van der Waals surface area (Å²) in [6.07, 6.45) is 4.85. The zero-order chi connectivity index (χ0) is 24.2. The van der Waals surface area contributed by atoms with Crippen LogP contribution in [0.3, 0.4) is 0 Å². The molecular weight excluding hydrogens is 458 g/mol. The molecule has 6 heteroatoms.